The molecule has 22 heavy (non-hydrogen) atoms. The van der Waals surface area contributed by atoms with Crippen LogP contribution in [-0.4, -0.2) is 17.9 Å². The van der Waals surface area contributed by atoms with Crippen molar-refractivity contribution in [3.05, 3.63) is 63.7 Å². The van der Waals surface area contributed by atoms with Crippen molar-refractivity contribution in [1.82, 2.24) is 0 Å². The molecule has 2 rings (SSSR count). The predicted octanol–water partition coefficient (Wildman–Crippen LogP) is 2.73. The van der Waals surface area contributed by atoms with Crippen LogP contribution >= 0.6 is 0 Å². The summed E-state index contributed by atoms with van der Waals surface area (Å²) in [5.41, 5.74) is 0.805. The van der Waals surface area contributed by atoms with E-state index in [1.54, 1.807) is 0 Å². The second kappa shape index (κ2) is 6.37. The number of hydrogen-bond donors (Lipinski definition) is 1. The van der Waals surface area contributed by atoms with Crippen LogP contribution in [0.15, 0.2) is 42.5 Å². The molecule has 7 nitrogen and oxygen atoms in total. The zero-order chi connectivity index (χ0) is 16.1. The highest BCUT2D eigenvalue weighted by Gasteiger charge is 2.14. The van der Waals surface area contributed by atoms with Crippen LogP contribution in [0.4, 0.5) is 11.4 Å². The second-order valence-corrected chi connectivity index (χ2v) is 4.28. The van der Waals surface area contributed by atoms with E-state index in [4.69, 9.17) is 10.00 Å². The molecule has 7 heteroatoms. The first kappa shape index (κ1) is 15.0. The molecule has 110 valence electrons. The Kier molecular flexibility index (Phi) is 4.34. The molecule has 0 radical (unpaired) electrons. The summed E-state index contributed by atoms with van der Waals surface area (Å²) >= 11 is 0. The van der Waals surface area contributed by atoms with Gasteiger partial charge in [-0.1, -0.05) is 0 Å². The number of benzene rings is 2. The van der Waals surface area contributed by atoms with E-state index in [0.29, 0.717) is 16.9 Å². The quantitative estimate of drug-likeness (QED) is 0.690. The highest BCUT2D eigenvalue weighted by molar-refractivity contribution is 6.05. The number of nitriles is 1. The van der Waals surface area contributed by atoms with E-state index in [1.807, 2.05) is 6.07 Å². The van der Waals surface area contributed by atoms with Gasteiger partial charge in [-0.25, -0.2) is 0 Å². The van der Waals surface area contributed by atoms with Crippen molar-refractivity contribution in [2.45, 2.75) is 0 Å². The molecule has 0 bridgehead atoms. The topological polar surface area (TPSA) is 105 Å². The third-order valence-corrected chi connectivity index (χ3v) is 2.92. The monoisotopic (exact) mass is 297 g/mol. The number of carbonyl (C=O) groups is 1. The zero-order valence-corrected chi connectivity index (χ0v) is 11.6. The summed E-state index contributed by atoms with van der Waals surface area (Å²) in [6.45, 7) is 0. The van der Waals surface area contributed by atoms with Gasteiger partial charge >= 0.3 is 0 Å². The number of ether oxygens (including phenoxy) is 1. The molecule has 0 atom stereocenters. The van der Waals surface area contributed by atoms with Crippen molar-refractivity contribution in [1.29, 1.82) is 5.26 Å². The molecule has 0 saturated carbocycles. The number of non-ortho nitro benzene ring substituents is 1. The predicted molar refractivity (Wildman–Crippen MR) is 78.8 cm³/mol. The third kappa shape index (κ3) is 3.19. The average molecular weight is 297 g/mol. The summed E-state index contributed by atoms with van der Waals surface area (Å²) in [6.07, 6.45) is 0. The lowest BCUT2D eigenvalue weighted by Crippen LogP contribution is -2.12. The minimum absolute atomic E-state index is 0.157. The van der Waals surface area contributed by atoms with E-state index in [1.165, 1.54) is 49.6 Å². The molecular formula is C15H11N3O4. The minimum Gasteiger partial charge on any atom is -0.495 e. The lowest BCUT2D eigenvalue weighted by atomic mass is 10.1. The number of nitro benzene ring substituents is 1. The molecule has 2 aromatic carbocycles. The summed E-state index contributed by atoms with van der Waals surface area (Å²) in [5, 5.41) is 22.1. The Morgan fingerprint density at radius 3 is 2.50 bits per heavy atom. The molecule has 0 aliphatic heterocycles. The fraction of sp³-hybridized carbons (Fsp3) is 0.0667. The Labute approximate surface area is 125 Å². The molecule has 0 unspecified atom stereocenters. The highest BCUT2D eigenvalue weighted by atomic mass is 16.6. The van der Waals surface area contributed by atoms with Crippen LogP contribution in [-0.2, 0) is 0 Å². The maximum Gasteiger partial charge on any atom is 0.271 e. The number of carbonyl (C=O) groups excluding carboxylic acids is 1. The van der Waals surface area contributed by atoms with Crippen LogP contribution in [0.1, 0.15) is 15.9 Å². The van der Waals surface area contributed by atoms with Gasteiger partial charge < -0.3 is 10.1 Å². The number of hydrogen-bond acceptors (Lipinski definition) is 5. The average Bonchev–Trinajstić information content (AvgIpc) is 2.54. The normalized spacial score (nSPS) is 9.64. The second-order valence-electron chi connectivity index (χ2n) is 4.28. The molecule has 0 spiro atoms. The van der Waals surface area contributed by atoms with Crippen molar-refractivity contribution in [2.75, 3.05) is 12.4 Å². The van der Waals surface area contributed by atoms with Gasteiger partial charge in [-0.05, 0) is 30.3 Å². The third-order valence-electron chi connectivity index (χ3n) is 2.92. The maximum atomic E-state index is 12.1. The first-order valence-electron chi connectivity index (χ1n) is 6.19. The van der Waals surface area contributed by atoms with E-state index in [0.717, 1.165) is 0 Å². The van der Waals surface area contributed by atoms with Crippen LogP contribution < -0.4 is 10.1 Å². The molecule has 0 saturated heterocycles. The number of anilines is 1. The minimum atomic E-state index is -0.559. The zero-order valence-electron chi connectivity index (χ0n) is 11.6. The summed E-state index contributed by atoms with van der Waals surface area (Å²) in [4.78, 5) is 22.4. The molecule has 2 aromatic rings. The van der Waals surface area contributed by atoms with Gasteiger partial charge in [-0.2, -0.15) is 5.26 Å². The first-order chi connectivity index (χ1) is 10.5. The van der Waals surface area contributed by atoms with Gasteiger partial charge in [0.2, 0.25) is 0 Å². The number of methoxy groups -OCH3 is 1. The van der Waals surface area contributed by atoms with Gasteiger partial charge in [0.15, 0.2) is 0 Å². The molecule has 1 N–H and O–H groups in total. The van der Waals surface area contributed by atoms with Crippen molar-refractivity contribution < 1.29 is 14.5 Å². The summed E-state index contributed by atoms with van der Waals surface area (Å²) < 4.78 is 5.07. The Morgan fingerprint density at radius 1 is 1.27 bits per heavy atom. The Morgan fingerprint density at radius 2 is 1.95 bits per heavy atom. The van der Waals surface area contributed by atoms with Crippen molar-refractivity contribution in [2.24, 2.45) is 0 Å². The highest BCUT2D eigenvalue weighted by Crippen LogP contribution is 2.29. The van der Waals surface area contributed by atoms with Gasteiger partial charge in [-0.3, -0.25) is 14.9 Å². The summed E-state index contributed by atoms with van der Waals surface area (Å²) in [5.74, 6) is -0.143. The molecule has 0 heterocycles. The standard InChI is InChI=1S/C15H11N3O4/c1-22-14-7-6-12(18(20)21)8-13(14)17-15(19)11-4-2-10(9-16)3-5-11/h2-8H,1H3,(H,17,19). The SMILES string of the molecule is COc1ccc([N+](=O)[O-])cc1NC(=O)c1ccc(C#N)cc1. The number of amides is 1. The lowest BCUT2D eigenvalue weighted by Gasteiger charge is -2.10. The molecule has 1 amide bonds. The van der Waals surface area contributed by atoms with Crippen molar-refractivity contribution in [3.63, 3.8) is 0 Å². The number of rotatable bonds is 4. The van der Waals surface area contributed by atoms with E-state index in [-0.39, 0.29) is 11.4 Å². The van der Waals surface area contributed by atoms with Gasteiger partial charge in [0, 0.05) is 17.7 Å². The molecular weight excluding hydrogens is 286 g/mol. The Bertz CT molecular complexity index is 763. The van der Waals surface area contributed by atoms with E-state index in [9.17, 15) is 14.9 Å². The molecule has 0 aliphatic carbocycles. The van der Waals surface area contributed by atoms with Gasteiger partial charge in [0.25, 0.3) is 11.6 Å². The van der Waals surface area contributed by atoms with E-state index < -0.39 is 10.8 Å². The molecule has 0 aliphatic rings. The van der Waals surface area contributed by atoms with Crippen molar-refractivity contribution in [3.8, 4) is 11.8 Å². The number of nitrogens with one attached hydrogen (secondary N) is 1. The molecule has 0 fully saturated rings. The van der Waals surface area contributed by atoms with Crippen LogP contribution in [0.5, 0.6) is 5.75 Å². The summed E-state index contributed by atoms with van der Waals surface area (Å²) in [6, 6.07) is 11.9. The van der Waals surface area contributed by atoms with Crippen LogP contribution in [0.2, 0.25) is 0 Å². The fourth-order valence-corrected chi connectivity index (χ4v) is 1.80. The molecule has 0 aromatic heterocycles. The number of nitro groups is 1. The lowest BCUT2D eigenvalue weighted by molar-refractivity contribution is -0.384. The summed E-state index contributed by atoms with van der Waals surface area (Å²) in [7, 11) is 1.40. The van der Waals surface area contributed by atoms with Crippen LogP contribution in [0, 0.1) is 21.4 Å². The maximum absolute atomic E-state index is 12.1. The first-order valence-corrected chi connectivity index (χ1v) is 6.19. The van der Waals surface area contributed by atoms with Gasteiger partial charge in [0.05, 0.1) is 29.4 Å². The Balaban J connectivity index is 2.28. The van der Waals surface area contributed by atoms with Gasteiger partial charge in [-0.15, -0.1) is 0 Å². The van der Waals surface area contributed by atoms with E-state index >= 15 is 0 Å². The smallest absolute Gasteiger partial charge is 0.271 e. The van der Waals surface area contributed by atoms with Gasteiger partial charge in [0.1, 0.15) is 5.75 Å². The van der Waals surface area contributed by atoms with Crippen LogP contribution in [0.25, 0.3) is 0 Å². The van der Waals surface area contributed by atoms with Crippen LogP contribution in [0.3, 0.4) is 0 Å². The fourth-order valence-electron chi connectivity index (χ4n) is 1.80. The van der Waals surface area contributed by atoms with Crippen molar-refractivity contribution >= 4 is 17.3 Å². The number of nitrogens with zero attached hydrogens (tertiary/aromatic N) is 2. The Hall–Kier alpha value is -3.40. The largest absolute Gasteiger partial charge is 0.495 e. The van der Waals surface area contributed by atoms with E-state index in [2.05, 4.69) is 5.32 Å².